The lowest BCUT2D eigenvalue weighted by Crippen LogP contribution is -2.05. The predicted molar refractivity (Wildman–Crippen MR) is 58.5 cm³/mol. The fraction of sp³-hybridized carbons (Fsp3) is 0. The minimum atomic E-state index is -1.32. The molecule has 1 aromatic carbocycles. The highest BCUT2D eigenvalue weighted by Crippen LogP contribution is 2.20. The SMILES string of the molecule is O=C(O)c1cc(Oc2ccccc2)cc(=O)o1. The van der Waals surface area contributed by atoms with Crippen LogP contribution in [0.1, 0.15) is 10.6 Å². The number of hydrogen-bond acceptors (Lipinski definition) is 4. The summed E-state index contributed by atoms with van der Waals surface area (Å²) in [6, 6.07) is 11.0. The minimum Gasteiger partial charge on any atom is -0.475 e. The molecule has 0 amide bonds. The Kier molecular flexibility index (Phi) is 2.91. The van der Waals surface area contributed by atoms with E-state index in [0.717, 1.165) is 12.1 Å². The number of hydrogen-bond donors (Lipinski definition) is 1. The van der Waals surface area contributed by atoms with Crippen molar-refractivity contribution >= 4 is 5.97 Å². The van der Waals surface area contributed by atoms with E-state index < -0.39 is 17.4 Å². The Hall–Kier alpha value is -2.56. The summed E-state index contributed by atoms with van der Waals surface area (Å²) >= 11 is 0. The Morgan fingerprint density at radius 1 is 1.12 bits per heavy atom. The number of carbonyl (C=O) groups is 1. The van der Waals surface area contributed by atoms with Crippen LogP contribution in [-0.2, 0) is 0 Å². The molecule has 1 N–H and O–H groups in total. The summed E-state index contributed by atoms with van der Waals surface area (Å²) < 4.78 is 9.81. The van der Waals surface area contributed by atoms with Crippen LogP contribution in [0.4, 0.5) is 0 Å². The number of carboxylic acid groups (broad SMARTS) is 1. The van der Waals surface area contributed by atoms with Gasteiger partial charge >= 0.3 is 11.6 Å². The Balaban J connectivity index is 2.34. The number of para-hydroxylation sites is 1. The van der Waals surface area contributed by atoms with Crippen LogP contribution in [0, 0.1) is 0 Å². The van der Waals surface area contributed by atoms with Crippen molar-refractivity contribution in [3.8, 4) is 11.5 Å². The summed E-state index contributed by atoms with van der Waals surface area (Å²) in [7, 11) is 0. The highest BCUT2D eigenvalue weighted by molar-refractivity contribution is 5.84. The Labute approximate surface area is 95.9 Å². The number of rotatable bonds is 3. The first-order valence-electron chi connectivity index (χ1n) is 4.76. The minimum absolute atomic E-state index is 0.129. The molecule has 0 bridgehead atoms. The highest BCUT2D eigenvalue weighted by atomic mass is 16.5. The number of ether oxygens (including phenoxy) is 1. The molecule has 0 spiro atoms. The largest absolute Gasteiger partial charge is 0.475 e. The van der Waals surface area contributed by atoms with Crippen LogP contribution in [-0.4, -0.2) is 11.1 Å². The molecule has 86 valence electrons. The van der Waals surface area contributed by atoms with Crippen molar-refractivity contribution in [2.45, 2.75) is 0 Å². The molecule has 0 saturated carbocycles. The van der Waals surface area contributed by atoms with E-state index in [1.165, 1.54) is 0 Å². The zero-order chi connectivity index (χ0) is 12.3. The maximum absolute atomic E-state index is 11.1. The first-order chi connectivity index (χ1) is 8.15. The van der Waals surface area contributed by atoms with E-state index in [2.05, 4.69) is 4.42 Å². The average molecular weight is 232 g/mol. The molecule has 0 aliphatic carbocycles. The van der Waals surface area contributed by atoms with E-state index in [-0.39, 0.29) is 5.75 Å². The smallest absolute Gasteiger partial charge is 0.372 e. The van der Waals surface area contributed by atoms with Gasteiger partial charge in [-0.15, -0.1) is 0 Å². The maximum atomic E-state index is 11.1. The van der Waals surface area contributed by atoms with Crippen LogP contribution in [0.5, 0.6) is 11.5 Å². The molecule has 0 saturated heterocycles. The number of benzene rings is 1. The van der Waals surface area contributed by atoms with Gasteiger partial charge in [0, 0.05) is 6.07 Å². The Morgan fingerprint density at radius 2 is 1.82 bits per heavy atom. The van der Waals surface area contributed by atoms with Gasteiger partial charge in [0.1, 0.15) is 11.5 Å². The second-order valence-corrected chi connectivity index (χ2v) is 3.20. The van der Waals surface area contributed by atoms with Gasteiger partial charge in [-0.05, 0) is 12.1 Å². The summed E-state index contributed by atoms with van der Waals surface area (Å²) in [5, 5.41) is 8.71. The summed E-state index contributed by atoms with van der Waals surface area (Å²) in [6.07, 6.45) is 0. The summed E-state index contributed by atoms with van der Waals surface area (Å²) in [6.45, 7) is 0. The average Bonchev–Trinajstić information content (AvgIpc) is 2.29. The van der Waals surface area contributed by atoms with Crippen LogP contribution < -0.4 is 10.4 Å². The molecule has 1 aromatic heterocycles. The maximum Gasteiger partial charge on any atom is 0.372 e. The van der Waals surface area contributed by atoms with E-state index in [9.17, 15) is 9.59 Å². The van der Waals surface area contributed by atoms with Gasteiger partial charge in [0.25, 0.3) is 0 Å². The molecule has 2 rings (SSSR count). The molecule has 0 aliphatic rings. The van der Waals surface area contributed by atoms with Gasteiger partial charge in [-0.3, -0.25) is 0 Å². The van der Waals surface area contributed by atoms with Crippen molar-refractivity contribution in [1.29, 1.82) is 0 Å². The van der Waals surface area contributed by atoms with Crippen LogP contribution in [0.25, 0.3) is 0 Å². The molecule has 2 aromatic rings. The van der Waals surface area contributed by atoms with Gasteiger partial charge in [-0.1, -0.05) is 18.2 Å². The van der Waals surface area contributed by atoms with E-state index in [1.54, 1.807) is 24.3 Å². The monoisotopic (exact) mass is 232 g/mol. The van der Waals surface area contributed by atoms with Crippen molar-refractivity contribution in [3.05, 3.63) is 58.6 Å². The lowest BCUT2D eigenvalue weighted by molar-refractivity contribution is 0.0656. The lowest BCUT2D eigenvalue weighted by Gasteiger charge is -2.04. The zero-order valence-electron chi connectivity index (χ0n) is 8.62. The van der Waals surface area contributed by atoms with E-state index in [4.69, 9.17) is 9.84 Å². The summed E-state index contributed by atoms with van der Waals surface area (Å²) in [5.74, 6) is -1.14. The molecular weight excluding hydrogens is 224 g/mol. The van der Waals surface area contributed by atoms with Crippen molar-refractivity contribution in [3.63, 3.8) is 0 Å². The second-order valence-electron chi connectivity index (χ2n) is 3.20. The molecule has 0 fully saturated rings. The Bertz CT molecular complexity index is 585. The topological polar surface area (TPSA) is 76.7 Å². The third-order valence-electron chi connectivity index (χ3n) is 1.93. The van der Waals surface area contributed by atoms with E-state index in [1.807, 2.05) is 6.07 Å². The fourth-order valence-corrected chi connectivity index (χ4v) is 1.24. The van der Waals surface area contributed by atoms with Gasteiger partial charge in [0.05, 0.1) is 6.07 Å². The Morgan fingerprint density at radius 3 is 2.47 bits per heavy atom. The van der Waals surface area contributed by atoms with E-state index in [0.29, 0.717) is 5.75 Å². The van der Waals surface area contributed by atoms with Gasteiger partial charge in [-0.2, -0.15) is 0 Å². The summed E-state index contributed by atoms with van der Waals surface area (Å²) in [5.41, 5.74) is -0.768. The molecule has 1 heterocycles. The molecule has 0 radical (unpaired) electrons. The van der Waals surface area contributed by atoms with Crippen molar-refractivity contribution in [2.75, 3.05) is 0 Å². The molecule has 0 unspecified atom stereocenters. The number of aromatic carboxylic acids is 1. The van der Waals surface area contributed by atoms with Crippen LogP contribution >= 0.6 is 0 Å². The number of carboxylic acids is 1. The van der Waals surface area contributed by atoms with Crippen molar-refractivity contribution < 1.29 is 19.1 Å². The third kappa shape index (κ3) is 2.72. The lowest BCUT2D eigenvalue weighted by atomic mass is 10.3. The van der Waals surface area contributed by atoms with Crippen LogP contribution in [0.2, 0.25) is 0 Å². The molecule has 0 aliphatic heterocycles. The standard InChI is InChI=1S/C12H8O5/c13-11-7-9(6-10(17-11)12(14)15)16-8-4-2-1-3-5-8/h1-7H,(H,14,15). The quantitative estimate of drug-likeness (QED) is 0.877. The van der Waals surface area contributed by atoms with E-state index >= 15 is 0 Å². The second kappa shape index (κ2) is 4.52. The normalized spacial score (nSPS) is 9.88. The zero-order valence-corrected chi connectivity index (χ0v) is 8.62. The van der Waals surface area contributed by atoms with Gasteiger partial charge in [0.2, 0.25) is 5.76 Å². The van der Waals surface area contributed by atoms with Gasteiger partial charge in [0.15, 0.2) is 0 Å². The third-order valence-corrected chi connectivity index (χ3v) is 1.93. The molecule has 5 heteroatoms. The highest BCUT2D eigenvalue weighted by Gasteiger charge is 2.10. The molecule has 5 nitrogen and oxygen atoms in total. The fourth-order valence-electron chi connectivity index (χ4n) is 1.24. The van der Waals surface area contributed by atoms with Gasteiger partial charge in [-0.25, -0.2) is 9.59 Å². The van der Waals surface area contributed by atoms with Gasteiger partial charge < -0.3 is 14.3 Å². The molecular formula is C12H8O5. The first-order valence-corrected chi connectivity index (χ1v) is 4.76. The molecule has 17 heavy (non-hydrogen) atoms. The van der Waals surface area contributed by atoms with Crippen molar-refractivity contribution in [2.24, 2.45) is 0 Å². The van der Waals surface area contributed by atoms with Crippen LogP contribution in [0.15, 0.2) is 51.7 Å². The van der Waals surface area contributed by atoms with Crippen molar-refractivity contribution in [1.82, 2.24) is 0 Å². The predicted octanol–water partition coefficient (Wildman–Crippen LogP) is 2.13. The summed E-state index contributed by atoms with van der Waals surface area (Å²) in [4.78, 5) is 21.8. The van der Waals surface area contributed by atoms with Crippen LogP contribution in [0.3, 0.4) is 0 Å². The first kappa shape index (κ1) is 10.9. The molecule has 0 atom stereocenters.